The van der Waals surface area contributed by atoms with Gasteiger partial charge in [0, 0.05) is 12.5 Å². The van der Waals surface area contributed by atoms with Crippen LogP contribution < -0.4 is 9.47 Å². The van der Waals surface area contributed by atoms with Crippen molar-refractivity contribution in [2.45, 2.75) is 58.3 Å². The molecule has 2 aromatic rings. The molecule has 0 radical (unpaired) electrons. The Morgan fingerprint density at radius 2 is 1.50 bits per heavy atom. The molecule has 1 N–H and O–H groups in total. The SMILES string of the molecule is CCCCCCCCCC(=O)Oc1ccc(C(=O)O)c(OC(=O)c2ccccc2)c1. The fourth-order valence-corrected chi connectivity index (χ4v) is 2.97. The fourth-order valence-electron chi connectivity index (χ4n) is 2.97. The lowest BCUT2D eigenvalue weighted by atomic mass is 10.1. The minimum atomic E-state index is -1.24. The van der Waals surface area contributed by atoms with E-state index in [0.29, 0.717) is 0 Å². The third-order valence-corrected chi connectivity index (χ3v) is 4.61. The van der Waals surface area contributed by atoms with E-state index in [9.17, 15) is 19.5 Å². The van der Waals surface area contributed by atoms with Gasteiger partial charge in [0.25, 0.3) is 0 Å². The summed E-state index contributed by atoms with van der Waals surface area (Å²) >= 11 is 0. The van der Waals surface area contributed by atoms with Gasteiger partial charge in [-0.15, -0.1) is 0 Å². The first-order valence-electron chi connectivity index (χ1n) is 10.4. The van der Waals surface area contributed by atoms with Crippen LogP contribution >= 0.6 is 0 Å². The molecule has 0 bridgehead atoms. The summed E-state index contributed by atoms with van der Waals surface area (Å²) in [5, 5.41) is 9.34. The van der Waals surface area contributed by atoms with E-state index in [1.54, 1.807) is 30.3 Å². The number of unbranched alkanes of at least 4 members (excludes halogenated alkanes) is 6. The minimum Gasteiger partial charge on any atom is -0.478 e. The third kappa shape index (κ3) is 7.70. The van der Waals surface area contributed by atoms with Crippen molar-refractivity contribution in [2.24, 2.45) is 0 Å². The Bertz CT molecular complexity index is 844. The van der Waals surface area contributed by atoms with Crippen LogP contribution in [0.15, 0.2) is 48.5 Å². The minimum absolute atomic E-state index is 0.142. The third-order valence-electron chi connectivity index (χ3n) is 4.61. The van der Waals surface area contributed by atoms with E-state index in [4.69, 9.17) is 9.47 Å². The maximum absolute atomic E-state index is 12.3. The van der Waals surface area contributed by atoms with E-state index >= 15 is 0 Å². The standard InChI is InChI=1S/C24H28O6/c1-2-3-4-5-6-7-11-14-22(25)29-19-15-16-20(23(26)27)21(17-19)30-24(28)18-12-9-8-10-13-18/h8-10,12-13,15-17H,2-7,11,14H2,1H3,(H,26,27). The smallest absolute Gasteiger partial charge is 0.343 e. The first-order valence-corrected chi connectivity index (χ1v) is 10.4. The zero-order chi connectivity index (χ0) is 21.8. The van der Waals surface area contributed by atoms with Crippen molar-refractivity contribution >= 4 is 17.9 Å². The summed E-state index contributed by atoms with van der Waals surface area (Å²) in [6.45, 7) is 2.17. The van der Waals surface area contributed by atoms with Crippen molar-refractivity contribution in [3.63, 3.8) is 0 Å². The van der Waals surface area contributed by atoms with Gasteiger partial charge in [-0.3, -0.25) is 4.79 Å². The average Bonchev–Trinajstić information content (AvgIpc) is 2.73. The summed E-state index contributed by atoms with van der Waals surface area (Å²) in [4.78, 5) is 35.8. The Morgan fingerprint density at radius 3 is 2.17 bits per heavy atom. The van der Waals surface area contributed by atoms with Crippen LogP contribution in [0.2, 0.25) is 0 Å². The highest BCUT2D eigenvalue weighted by molar-refractivity contribution is 5.95. The number of carbonyl (C=O) groups is 3. The van der Waals surface area contributed by atoms with Crippen LogP contribution in [-0.4, -0.2) is 23.0 Å². The van der Waals surface area contributed by atoms with E-state index < -0.39 is 17.9 Å². The lowest BCUT2D eigenvalue weighted by Crippen LogP contribution is -2.12. The molecule has 0 spiro atoms. The highest BCUT2D eigenvalue weighted by atomic mass is 16.5. The zero-order valence-corrected chi connectivity index (χ0v) is 17.3. The number of hydrogen-bond donors (Lipinski definition) is 1. The summed E-state index contributed by atoms with van der Waals surface area (Å²) in [7, 11) is 0. The predicted molar refractivity (Wildman–Crippen MR) is 113 cm³/mol. The molecule has 0 aliphatic heterocycles. The molecule has 2 aromatic carbocycles. The number of carboxylic acids is 1. The van der Waals surface area contributed by atoms with Crippen LogP contribution in [0.1, 0.15) is 79.0 Å². The predicted octanol–water partition coefficient (Wildman–Crippen LogP) is 5.65. The molecule has 160 valence electrons. The topological polar surface area (TPSA) is 89.9 Å². The van der Waals surface area contributed by atoms with Crippen LogP contribution in [0.5, 0.6) is 11.5 Å². The van der Waals surface area contributed by atoms with Crippen molar-refractivity contribution in [3.8, 4) is 11.5 Å². The van der Waals surface area contributed by atoms with Gasteiger partial charge < -0.3 is 14.6 Å². The molecule has 0 aliphatic carbocycles. The largest absolute Gasteiger partial charge is 0.478 e. The second-order valence-electron chi connectivity index (χ2n) is 7.06. The van der Waals surface area contributed by atoms with Gasteiger partial charge in [0.2, 0.25) is 0 Å². The highest BCUT2D eigenvalue weighted by Crippen LogP contribution is 2.26. The van der Waals surface area contributed by atoms with Crippen LogP contribution in [0.25, 0.3) is 0 Å². The molecule has 2 rings (SSSR count). The van der Waals surface area contributed by atoms with Crippen LogP contribution in [-0.2, 0) is 4.79 Å². The molecule has 6 nitrogen and oxygen atoms in total. The molecule has 0 fully saturated rings. The highest BCUT2D eigenvalue weighted by Gasteiger charge is 2.18. The first-order chi connectivity index (χ1) is 14.5. The molecule has 0 saturated carbocycles. The number of rotatable bonds is 12. The van der Waals surface area contributed by atoms with Crippen molar-refractivity contribution in [1.82, 2.24) is 0 Å². The summed E-state index contributed by atoms with van der Waals surface area (Å²) in [6, 6.07) is 12.1. The molecule has 0 heterocycles. The van der Waals surface area contributed by atoms with Crippen molar-refractivity contribution < 1.29 is 29.0 Å². The summed E-state index contributed by atoms with van der Waals surface area (Å²) in [5.74, 6) is -2.36. The van der Waals surface area contributed by atoms with E-state index in [-0.39, 0.29) is 29.0 Å². The van der Waals surface area contributed by atoms with Crippen LogP contribution in [0.3, 0.4) is 0 Å². The fraction of sp³-hybridized carbons (Fsp3) is 0.375. The molecule has 30 heavy (non-hydrogen) atoms. The monoisotopic (exact) mass is 412 g/mol. The number of carboxylic acid groups (broad SMARTS) is 1. The summed E-state index contributed by atoms with van der Waals surface area (Å²) in [6.07, 6.45) is 7.94. The Balaban J connectivity index is 1.94. The number of aromatic carboxylic acids is 1. The Hall–Kier alpha value is -3.15. The number of benzene rings is 2. The lowest BCUT2D eigenvalue weighted by molar-refractivity contribution is -0.134. The summed E-state index contributed by atoms with van der Waals surface area (Å²) in [5.41, 5.74) is 0.0985. The van der Waals surface area contributed by atoms with Gasteiger partial charge in [0.15, 0.2) is 0 Å². The Kier molecular flexibility index (Phi) is 9.58. The molecule has 0 amide bonds. The number of ether oxygens (including phenoxy) is 2. The molecular weight excluding hydrogens is 384 g/mol. The number of hydrogen-bond acceptors (Lipinski definition) is 5. The Labute approximate surface area is 176 Å². The van der Waals surface area contributed by atoms with Gasteiger partial charge in [-0.2, -0.15) is 0 Å². The van der Waals surface area contributed by atoms with E-state index in [1.807, 2.05) is 0 Å². The Morgan fingerprint density at radius 1 is 0.833 bits per heavy atom. The quantitative estimate of drug-likeness (QED) is 0.275. The number of carbonyl (C=O) groups excluding carboxylic acids is 2. The molecule has 0 unspecified atom stereocenters. The maximum Gasteiger partial charge on any atom is 0.343 e. The maximum atomic E-state index is 12.3. The van der Waals surface area contributed by atoms with Gasteiger partial charge >= 0.3 is 17.9 Å². The van der Waals surface area contributed by atoms with Crippen molar-refractivity contribution in [1.29, 1.82) is 0 Å². The van der Waals surface area contributed by atoms with Crippen molar-refractivity contribution in [3.05, 3.63) is 59.7 Å². The van der Waals surface area contributed by atoms with Crippen LogP contribution in [0, 0.1) is 0 Å². The molecule has 0 saturated heterocycles. The average molecular weight is 412 g/mol. The normalized spacial score (nSPS) is 10.4. The summed E-state index contributed by atoms with van der Waals surface area (Å²) < 4.78 is 10.5. The molecular formula is C24H28O6. The van der Waals surface area contributed by atoms with Gasteiger partial charge in [0.05, 0.1) is 5.56 Å². The second-order valence-corrected chi connectivity index (χ2v) is 7.06. The van der Waals surface area contributed by atoms with Gasteiger partial charge in [-0.05, 0) is 30.7 Å². The van der Waals surface area contributed by atoms with Crippen molar-refractivity contribution in [2.75, 3.05) is 0 Å². The van der Waals surface area contributed by atoms with Gasteiger partial charge in [-0.1, -0.05) is 63.6 Å². The van der Waals surface area contributed by atoms with E-state index in [0.717, 1.165) is 19.3 Å². The molecule has 0 atom stereocenters. The lowest BCUT2D eigenvalue weighted by Gasteiger charge is -2.10. The van der Waals surface area contributed by atoms with Gasteiger partial charge in [0.1, 0.15) is 17.1 Å². The van der Waals surface area contributed by atoms with Crippen LogP contribution in [0.4, 0.5) is 0 Å². The van der Waals surface area contributed by atoms with Gasteiger partial charge in [-0.25, -0.2) is 9.59 Å². The molecule has 0 aliphatic rings. The first kappa shape index (κ1) is 23.1. The molecule has 0 aromatic heterocycles. The molecule has 6 heteroatoms. The number of esters is 2. The van der Waals surface area contributed by atoms with E-state index in [2.05, 4.69) is 6.92 Å². The zero-order valence-electron chi connectivity index (χ0n) is 17.3. The van der Waals surface area contributed by atoms with E-state index in [1.165, 1.54) is 43.9 Å². The second kappa shape index (κ2) is 12.4.